The van der Waals surface area contributed by atoms with E-state index in [9.17, 15) is 5.11 Å². The van der Waals surface area contributed by atoms with Gasteiger partial charge in [0, 0.05) is 30.6 Å². The third-order valence-corrected chi connectivity index (χ3v) is 6.17. The highest BCUT2D eigenvalue weighted by Crippen LogP contribution is 2.44. The van der Waals surface area contributed by atoms with Crippen molar-refractivity contribution in [3.8, 4) is 0 Å². The summed E-state index contributed by atoms with van der Waals surface area (Å²) in [6, 6.07) is 7.86. The fourth-order valence-corrected chi connectivity index (χ4v) is 4.62. The van der Waals surface area contributed by atoms with Gasteiger partial charge >= 0.3 is 0 Å². The van der Waals surface area contributed by atoms with Gasteiger partial charge in [-0.2, -0.15) is 0 Å². The molecule has 0 amide bonds. The maximum Gasteiger partial charge on any atom is 0.0962 e. The van der Waals surface area contributed by atoms with Crippen LogP contribution in [0.5, 0.6) is 0 Å². The van der Waals surface area contributed by atoms with E-state index < -0.39 is 5.60 Å². The minimum absolute atomic E-state index is 0.180. The lowest BCUT2D eigenvalue weighted by atomic mass is 9.67. The molecule has 2 fully saturated rings. The SMILES string of the molecule is C[C@@H](CN1CCOCC1)[C@](O)(c1ccc(Cl)cc1)C1CCCCC1. The Morgan fingerprint density at radius 2 is 1.79 bits per heavy atom. The first-order valence-electron chi connectivity index (χ1n) is 9.39. The molecule has 24 heavy (non-hydrogen) atoms. The normalized spacial score (nSPS) is 24.5. The van der Waals surface area contributed by atoms with Crippen molar-refractivity contribution in [2.24, 2.45) is 11.8 Å². The second kappa shape index (κ2) is 8.18. The number of hydrogen-bond donors (Lipinski definition) is 1. The van der Waals surface area contributed by atoms with E-state index in [0.717, 1.165) is 56.3 Å². The molecule has 2 atom stereocenters. The van der Waals surface area contributed by atoms with Gasteiger partial charge in [-0.15, -0.1) is 0 Å². The first-order valence-corrected chi connectivity index (χ1v) is 9.77. The lowest BCUT2D eigenvalue weighted by Gasteiger charge is -2.45. The molecule has 1 aliphatic heterocycles. The van der Waals surface area contributed by atoms with Crippen molar-refractivity contribution in [1.29, 1.82) is 0 Å². The number of morpholine rings is 1. The van der Waals surface area contributed by atoms with E-state index in [1.54, 1.807) is 0 Å². The summed E-state index contributed by atoms with van der Waals surface area (Å²) in [5, 5.41) is 12.6. The van der Waals surface area contributed by atoms with Crippen LogP contribution >= 0.6 is 11.6 Å². The number of hydrogen-bond acceptors (Lipinski definition) is 3. The summed E-state index contributed by atoms with van der Waals surface area (Å²) in [5.74, 6) is 0.517. The van der Waals surface area contributed by atoms with Crippen molar-refractivity contribution in [3.05, 3.63) is 34.9 Å². The topological polar surface area (TPSA) is 32.7 Å². The molecule has 0 bridgehead atoms. The Hall–Kier alpha value is -0.610. The molecule has 134 valence electrons. The second-order valence-electron chi connectivity index (χ2n) is 7.48. The molecule has 1 saturated carbocycles. The van der Waals surface area contributed by atoms with Crippen molar-refractivity contribution in [2.45, 2.75) is 44.6 Å². The Labute approximate surface area is 150 Å². The molecule has 0 aromatic heterocycles. The second-order valence-corrected chi connectivity index (χ2v) is 7.92. The fourth-order valence-electron chi connectivity index (χ4n) is 4.49. The van der Waals surface area contributed by atoms with E-state index >= 15 is 0 Å². The number of halogens is 1. The van der Waals surface area contributed by atoms with E-state index in [-0.39, 0.29) is 5.92 Å². The number of benzene rings is 1. The molecule has 1 aromatic carbocycles. The minimum Gasteiger partial charge on any atom is -0.385 e. The largest absolute Gasteiger partial charge is 0.385 e. The molecule has 1 heterocycles. The van der Waals surface area contributed by atoms with Crippen LogP contribution in [0.4, 0.5) is 0 Å². The van der Waals surface area contributed by atoms with Gasteiger partial charge in [0.25, 0.3) is 0 Å². The summed E-state index contributed by atoms with van der Waals surface area (Å²) in [6.07, 6.45) is 5.99. The van der Waals surface area contributed by atoms with Gasteiger partial charge in [0.05, 0.1) is 18.8 Å². The Kier molecular flexibility index (Phi) is 6.20. The third-order valence-electron chi connectivity index (χ3n) is 5.92. The molecule has 3 nitrogen and oxygen atoms in total. The van der Waals surface area contributed by atoms with E-state index in [0.29, 0.717) is 5.92 Å². The first kappa shape index (κ1) is 18.2. The van der Waals surface area contributed by atoms with E-state index in [4.69, 9.17) is 16.3 Å². The molecule has 1 N–H and O–H groups in total. The zero-order valence-corrected chi connectivity index (χ0v) is 15.5. The first-order chi connectivity index (χ1) is 11.6. The van der Waals surface area contributed by atoms with Crippen LogP contribution in [-0.4, -0.2) is 42.9 Å². The lowest BCUT2D eigenvalue weighted by molar-refractivity contribution is -0.0961. The van der Waals surface area contributed by atoms with Gasteiger partial charge in [-0.1, -0.05) is 49.9 Å². The molecule has 1 aromatic rings. The minimum atomic E-state index is -0.774. The van der Waals surface area contributed by atoms with E-state index in [1.807, 2.05) is 24.3 Å². The van der Waals surface area contributed by atoms with E-state index in [1.165, 1.54) is 19.3 Å². The number of rotatable bonds is 5. The fraction of sp³-hybridized carbons (Fsp3) is 0.700. The van der Waals surface area contributed by atoms with Crippen molar-refractivity contribution < 1.29 is 9.84 Å². The predicted octanol–water partition coefficient (Wildman–Crippen LogP) is 4.08. The molecule has 0 unspecified atom stereocenters. The molecule has 4 heteroatoms. The highest BCUT2D eigenvalue weighted by Gasteiger charge is 2.43. The van der Waals surface area contributed by atoms with E-state index in [2.05, 4.69) is 11.8 Å². The molecule has 2 aliphatic rings. The number of ether oxygens (including phenoxy) is 1. The van der Waals surface area contributed by atoms with Crippen molar-refractivity contribution in [3.63, 3.8) is 0 Å². The van der Waals surface area contributed by atoms with Crippen LogP contribution in [-0.2, 0) is 10.3 Å². The lowest BCUT2D eigenvalue weighted by Crippen LogP contribution is -2.48. The summed E-state index contributed by atoms with van der Waals surface area (Å²) in [4.78, 5) is 2.43. The monoisotopic (exact) mass is 351 g/mol. The highest BCUT2D eigenvalue weighted by atomic mass is 35.5. The van der Waals surface area contributed by atoms with Gasteiger partial charge in [-0.3, -0.25) is 4.90 Å². The zero-order chi connectivity index (χ0) is 17.0. The Balaban J connectivity index is 1.83. The third kappa shape index (κ3) is 3.96. The Morgan fingerprint density at radius 3 is 2.42 bits per heavy atom. The van der Waals surface area contributed by atoms with Gasteiger partial charge in [0.2, 0.25) is 0 Å². The van der Waals surface area contributed by atoms with Gasteiger partial charge in [0.15, 0.2) is 0 Å². The summed E-state index contributed by atoms with van der Waals surface area (Å²) in [7, 11) is 0. The quantitative estimate of drug-likeness (QED) is 0.867. The predicted molar refractivity (Wildman–Crippen MR) is 98.3 cm³/mol. The highest BCUT2D eigenvalue weighted by molar-refractivity contribution is 6.30. The van der Waals surface area contributed by atoms with Crippen LogP contribution in [0.1, 0.15) is 44.6 Å². The van der Waals surface area contributed by atoms with Crippen LogP contribution in [0.2, 0.25) is 5.02 Å². The van der Waals surface area contributed by atoms with Crippen LogP contribution in [0.15, 0.2) is 24.3 Å². The van der Waals surface area contributed by atoms with Gasteiger partial charge in [0.1, 0.15) is 0 Å². The molecule has 1 saturated heterocycles. The summed E-state index contributed by atoms with van der Waals surface area (Å²) < 4.78 is 5.46. The summed E-state index contributed by atoms with van der Waals surface area (Å²) in [6.45, 7) is 6.65. The number of nitrogens with zero attached hydrogens (tertiary/aromatic N) is 1. The number of aliphatic hydroxyl groups is 1. The van der Waals surface area contributed by atoms with Gasteiger partial charge < -0.3 is 9.84 Å². The molecular weight excluding hydrogens is 322 g/mol. The summed E-state index contributed by atoms with van der Waals surface area (Å²) in [5.41, 5.74) is 0.253. The van der Waals surface area contributed by atoms with Crippen LogP contribution < -0.4 is 0 Å². The maximum absolute atomic E-state index is 11.9. The average Bonchev–Trinajstić information content (AvgIpc) is 2.63. The molecule has 0 spiro atoms. The van der Waals surface area contributed by atoms with Crippen molar-refractivity contribution in [1.82, 2.24) is 4.90 Å². The molecule has 0 radical (unpaired) electrons. The molecular formula is C20H30ClNO2. The summed E-state index contributed by atoms with van der Waals surface area (Å²) >= 11 is 6.08. The Bertz CT molecular complexity index is 509. The van der Waals surface area contributed by atoms with Crippen molar-refractivity contribution >= 4 is 11.6 Å². The average molecular weight is 352 g/mol. The Morgan fingerprint density at radius 1 is 1.17 bits per heavy atom. The maximum atomic E-state index is 11.9. The van der Waals surface area contributed by atoms with Crippen LogP contribution in [0.25, 0.3) is 0 Å². The van der Waals surface area contributed by atoms with Crippen molar-refractivity contribution in [2.75, 3.05) is 32.8 Å². The van der Waals surface area contributed by atoms with Gasteiger partial charge in [-0.05, 0) is 36.5 Å². The van der Waals surface area contributed by atoms with Gasteiger partial charge in [-0.25, -0.2) is 0 Å². The smallest absolute Gasteiger partial charge is 0.0962 e. The zero-order valence-electron chi connectivity index (χ0n) is 14.7. The molecule has 1 aliphatic carbocycles. The molecule has 3 rings (SSSR count). The standard InChI is InChI=1S/C20H30ClNO2/c1-16(15-22-11-13-24-14-12-22)20(23,17-5-3-2-4-6-17)18-7-9-19(21)10-8-18/h7-10,16-17,23H,2-6,11-15H2,1H3/t16-,20+/m0/s1. The van der Waals surface area contributed by atoms with Crippen LogP contribution in [0.3, 0.4) is 0 Å². The van der Waals surface area contributed by atoms with Crippen LogP contribution in [0, 0.1) is 11.8 Å².